The predicted octanol–water partition coefficient (Wildman–Crippen LogP) is 3.23. The third-order valence-electron chi connectivity index (χ3n) is 5.18. The van der Waals surface area contributed by atoms with Crippen molar-refractivity contribution in [2.24, 2.45) is 11.3 Å². The molecule has 0 saturated heterocycles. The van der Waals surface area contributed by atoms with E-state index in [0.717, 1.165) is 24.8 Å². The van der Waals surface area contributed by atoms with Gasteiger partial charge in [-0.15, -0.1) is 0 Å². The minimum absolute atomic E-state index is 0.0202. The summed E-state index contributed by atoms with van der Waals surface area (Å²) in [5.74, 6) is -0.0884. The number of hydrogen-bond acceptors (Lipinski definition) is 2. The van der Waals surface area contributed by atoms with Crippen LogP contribution in [0.15, 0.2) is 24.3 Å². The van der Waals surface area contributed by atoms with Crippen LogP contribution in [0.1, 0.15) is 51.0 Å². The lowest BCUT2D eigenvalue weighted by Gasteiger charge is -2.31. The van der Waals surface area contributed by atoms with Crippen molar-refractivity contribution in [2.75, 3.05) is 13.2 Å². The number of amides is 1. The first-order valence-corrected chi connectivity index (χ1v) is 8.19. The minimum Gasteiger partial charge on any atom is -0.396 e. The van der Waals surface area contributed by atoms with E-state index in [1.807, 2.05) is 6.07 Å². The van der Waals surface area contributed by atoms with Crippen molar-refractivity contribution >= 4 is 5.91 Å². The number of halogens is 1. The Hall–Kier alpha value is -1.42. The van der Waals surface area contributed by atoms with Gasteiger partial charge in [0.1, 0.15) is 5.82 Å². The molecule has 1 saturated carbocycles. The van der Waals surface area contributed by atoms with Gasteiger partial charge in [0.05, 0.1) is 0 Å². The van der Waals surface area contributed by atoms with Crippen molar-refractivity contribution in [3.8, 4) is 0 Å². The van der Waals surface area contributed by atoms with Gasteiger partial charge in [-0.3, -0.25) is 4.79 Å². The van der Waals surface area contributed by atoms with Crippen LogP contribution in [0.2, 0.25) is 0 Å². The Bertz CT molecular complexity index is 514. The minimum atomic E-state index is -0.248. The lowest BCUT2D eigenvalue weighted by molar-refractivity contribution is -0.123. The summed E-state index contributed by atoms with van der Waals surface area (Å²) in [6, 6.07) is 6.52. The Morgan fingerprint density at radius 1 is 1.41 bits per heavy atom. The second-order valence-electron chi connectivity index (χ2n) is 6.40. The van der Waals surface area contributed by atoms with Gasteiger partial charge < -0.3 is 10.4 Å². The Kier molecular flexibility index (Phi) is 5.57. The molecule has 1 aromatic carbocycles. The van der Waals surface area contributed by atoms with Crippen molar-refractivity contribution in [1.29, 1.82) is 0 Å². The van der Waals surface area contributed by atoms with E-state index >= 15 is 0 Å². The van der Waals surface area contributed by atoms with Crippen LogP contribution < -0.4 is 5.32 Å². The number of aliphatic hydroxyl groups is 1. The number of aliphatic hydroxyl groups excluding tert-OH is 1. The summed E-state index contributed by atoms with van der Waals surface area (Å²) in [6.45, 7) is 4.94. The lowest BCUT2D eigenvalue weighted by Crippen LogP contribution is -2.38. The Labute approximate surface area is 131 Å². The van der Waals surface area contributed by atoms with Gasteiger partial charge in [-0.2, -0.15) is 0 Å². The van der Waals surface area contributed by atoms with Gasteiger partial charge in [0.15, 0.2) is 0 Å². The number of carbonyl (C=O) groups excluding carboxylic acids is 1. The molecule has 0 aromatic heterocycles. The van der Waals surface area contributed by atoms with E-state index in [9.17, 15) is 14.3 Å². The summed E-state index contributed by atoms with van der Waals surface area (Å²) in [5, 5.41) is 12.3. The van der Waals surface area contributed by atoms with Gasteiger partial charge in [-0.05, 0) is 54.7 Å². The molecule has 2 atom stereocenters. The second-order valence-corrected chi connectivity index (χ2v) is 6.40. The van der Waals surface area contributed by atoms with Crippen molar-refractivity contribution < 1.29 is 14.3 Å². The third kappa shape index (κ3) is 3.86. The molecule has 0 spiro atoms. The number of rotatable bonds is 8. The zero-order valence-corrected chi connectivity index (χ0v) is 13.4. The van der Waals surface area contributed by atoms with E-state index in [0.29, 0.717) is 13.0 Å². The van der Waals surface area contributed by atoms with E-state index < -0.39 is 0 Å². The fourth-order valence-corrected chi connectivity index (χ4v) is 3.18. The molecule has 1 aliphatic carbocycles. The Morgan fingerprint density at radius 2 is 2.14 bits per heavy atom. The van der Waals surface area contributed by atoms with Gasteiger partial charge in [0.25, 0.3) is 0 Å². The summed E-state index contributed by atoms with van der Waals surface area (Å²) in [5.41, 5.74) is 0.890. The van der Waals surface area contributed by atoms with Crippen molar-refractivity contribution in [2.45, 2.75) is 45.4 Å². The van der Waals surface area contributed by atoms with Gasteiger partial charge in [-0.1, -0.05) is 26.0 Å². The van der Waals surface area contributed by atoms with Gasteiger partial charge in [0, 0.05) is 19.1 Å². The summed E-state index contributed by atoms with van der Waals surface area (Å²) in [6.07, 6.45) is 3.36. The fourth-order valence-electron chi connectivity index (χ4n) is 3.18. The first kappa shape index (κ1) is 16.9. The lowest BCUT2D eigenvalue weighted by atomic mass is 9.79. The van der Waals surface area contributed by atoms with Crippen LogP contribution in [0.3, 0.4) is 0 Å². The molecule has 1 amide bonds. The quantitative estimate of drug-likeness (QED) is 0.774. The summed E-state index contributed by atoms with van der Waals surface area (Å²) >= 11 is 0. The highest BCUT2D eigenvalue weighted by molar-refractivity contribution is 5.82. The molecule has 0 bridgehead atoms. The SMILES string of the molecule is CCC(CC)(CCO)CNC(=O)C1CC1c1cccc(F)c1. The molecule has 0 aliphatic heterocycles. The standard InChI is InChI=1S/C18H26FNO2/c1-3-18(4-2,8-9-21)12-20-17(22)16-11-15(16)13-6-5-7-14(19)10-13/h5-7,10,15-16,21H,3-4,8-9,11-12H2,1-2H3,(H,20,22). The number of hydrogen-bond donors (Lipinski definition) is 2. The topological polar surface area (TPSA) is 49.3 Å². The molecule has 1 aromatic rings. The molecule has 122 valence electrons. The van der Waals surface area contributed by atoms with Crippen LogP contribution in [-0.2, 0) is 4.79 Å². The molecule has 2 unspecified atom stereocenters. The largest absolute Gasteiger partial charge is 0.396 e. The fraction of sp³-hybridized carbons (Fsp3) is 0.611. The second kappa shape index (κ2) is 7.23. The molecule has 2 N–H and O–H groups in total. The molecule has 4 heteroatoms. The number of nitrogens with one attached hydrogen (secondary N) is 1. The van der Waals surface area contributed by atoms with Crippen LogP contribution in [-0.4, -0.2) is 24.2 Å². The monoisotopic (exact) mass is 307 g/mol. The molecule has 0 radical (unpaired) electrons. The van der Waals surface area contributed by atoms with Crippen LogP contribution in [0, 0.1) is 17.2 Å². The van der Waals surface area contributed by atoms with E-state index in [4.69, 9.17) is 0 Å². The average Bonchev–Trinajstić information content (AvgIpc) is 3.32. The molecular formula is C18H26FNO2. The Balaban J connectivity index is 1.89. The molecule has 22 heavy (non-hydrogen) atoms. The smallest absolute Gasteiger partial charge is 0.223 e. The maximum Gasteiger partial charge on any atom is 0.223 e. The summed E-state index contributed by atoms with van der Waals surface area (Å²) in [4.78, 5) is 12.3. The van der Waals surface area contributed by atoms with E-state index in [1.54, 1.807) is 6.07 Å². The first-order chi connectivity index (χ1) is 10.5. The molecule has 0 heterocycles. The van der Waals surface area contributed by atoms with Crippen molar-refractivity contribution in [3.05, 3.63) is 35.6 Å². The zero-order valence-electron chi connectivity index (χ0n) is 13.4. The van der Waals surface area contributed by atoms with Crippen LogP contribution in [0.4, 0.5) is 4.39 Å². The molecule has 3 nitrogen and oxygen atoms in total. The number of benzene rings is 1. The van der Waals surface area contributed by atoms with Crippen LogP contribution in [0.25, 0.3) is 0 Å². The van der Waals surface area contributed by atoms with Gasteiger partial charge >= 0.3 is 0 Å². The van der Waals surface area contributed by atoms with Gasteiger partial charge in [-0.25, -0.2) is 4.39 Å². The third-order valence-corrected chi connectivity index (χ3v) is 5.18. The molecule has 1 fully saturated rings. The average molecular weight is 307 g/mol. The zero-order chi connectivity index (χ0) is 16.2. The van der Waals surface area contributed by atoms with Crippen LogP contribution in [0.5, 0.6) is 0 Å². The van der Waals surface area contributed by atoms with Gasteiger partial charge in [0.2, 0.25) is 5.91 Å². The Morgan fingerprint density at radius 3 is 2.73 bits per heavy atom. The molecular weight excluding hydrogens is 281 g/mol. The summed E-state index contributed by atoms with van der Waals surface area (Å²) < 4.78 is 13.2. The first-order valence-electron chi connectivity index (χ1n) is 8.19. The van der Waals surface area contributed by atoms with E-state index in [-0.39, 0.29) is 35.6 Å². The maximum atomic E-state index is 13.2. The highest BCUT2D eigenvalue weighted by Gasteiger charge is 2.44. The van der Waals surface area contributed by atoms with E-state index in [1.165, 1.54) is 12.1 Å². The van der Waals surface area contributed by atoms with Crippen molar-refractivity contribution in [3.63, 3.8) is 0 Å². The highest BCUT2D eigenvalue weighted by Crippen LogP contribution is 2.47. The molecule has 1 aliphatic rings. The van der Waals surface area contributed by atoms with E-state index in [2.05, 4.69) is 19.2 Å². The normalized spacial score (nSPS) is 20.7. The summed E-state index contributed by atoms with van der Waals surface area (Å²) in [7, 11) is 0. The highest BCUT2D eigenvalue weighted by atomic mass is 19.1. The molecule has 2 rings (SSSR count). The predicted molar refractivity (Wildman–Crippen MR) is 85.0 cm³/mol. The van der Waals surface area contributed by atoms with Crippen LogP contribution >= 0.6 is 0 Å². The van der Waals surface area contributed by atoms with Crippen molar-refractivity contribution in [1.82, 2.24) is 5.32 Å². The maximum absolute atomic E-state index is 13.2. The number of carbonyl (C=O) groups is 1.